The van der Waals surface area contributed by atoms with E-state index in [1.807, 2.05) is 13.0 Å². The van der Waals surface area contributed by atoms with Crippen molar-refractivity contribution in [2.75, 3.05) is 0 Å². The van der Waals surface area contributed by atoms with Gasteiger partial charge in [0.15, 0.2) is 0 Å². The number of hydrogen-bond donors (Lipinski definition) is 2. The molecule has 0 unspecified atom stereocenters. The molecule has 6 rings (SSSR count). The Labute approximate surface area is 257 Å². The molecule has 5 heteroatoms. The molecule has 2 fully saturated rings. The number of aryl methyl sites for hydroxylation is 2. The molecular formula is C38H49NO4. The van der Waals surface area contributed by atoms with E-state index >= 15 is 0 Å². The number of nitrogens with one attached hydrogen (secondary N) is 1. The molecule has 0 spiro atoms. The molecular weight excluding hydrogens is 534 g/mol. The molecule has 0 bridgehead atoms. The highest BCUT2D eigenvalue weighted by Crippen LogP contribution is 2.56. The summed E-state index contributed by atoms with van der Waals surface area (Å²) in [7, 11) is 0. The molecule has 2 saturated carbocycles. The first kappa shape index (κ1) is 30.1. The predicted octanol–water partition coefficient (Wildman–Crippen LogP) is 6.99. The highest BCUT2D eigenvalue weighted by molar-refractivity contribution is 5.97. The van der Waals surface area contributed by atoms with Crippen molar-refractivity contribution in [3.8, 4) is 5.75 Å². The number of ketones is 1. The van der Waals surface area contributed by atoms with Crippen molar-refractivity contribution in [1.29, 1.82) is 0 Å². The third-order valence-corrected chi connectivity index (χ3v) is 12.8. The fraction of sp³-hybridized carbons (Fsp3) is 0.605. The maximum absolute atomic E-state index is 13.8. The fourth-order valence-corrected chi connectivity index (χ4v) is 10.2. The number of benzene rings is 2. The van der Waals surface area contributed by atoms with E-state index < -0.39 is 0 Å². The summed E-state index contributed by atoms with van der Waals surface area (Å²) in [6.07, 6.45) is 8.41. The summed E-state index contributed by atoms with van der Waals surface area (Å²) >= 11 is 0. The van der Waals surface area contributed by atoms with Gasteiger partial charge in [-0.3, -0.25) is 19.7 Å². The number of phenols is 1. The lowest BCUT2D eigenvalue weighted by Gasteiger charge is -2.52. The van der Waals surface area contributed by atoms with Crippen LogP contribution >= 0.6 is 0 Å². The van der Waals surface area contributed by atoms with Gasteiger partial charge < -0.3 is 5.11 Å². The number of imide groups is 1. The maximum Gasteiger partial charge on any atom is 0.229 e. The van der Waals surface area contributed by atoms with Crippen LogP contribution in [0, 0.1) is 35.5 Å². The number of fused-ring (bicyclic) bond motifs is 6. The summed E-state index contributed by atoms with van der Waals surface area (Å²) in [5.41, 5.74) is 6.33. The van der Waals surface area contributed by atoms with Crippen LogP contribution in [0.1, 0.15) is 107 Å². The molecule has 43 heavy (non-hydrogen) atoms. The summed E-state index contributed by atoms with van der Waals surface area (Å²) in [6, 6.07) is 12.4. The van der Waals surface area contributed by atoms with Crippen LogP contribution < -0.4 is 5.32 Å². The van der Waals surface area contributed by atoms with Crippen molar-refractivity contribution in [2.45, 2.75) is 110 Å². The Hall–Kier alpha value is -2.95. The summed E-state index contributed by atoms with van der Waals surface area (Å²) in [5.74, 6) is 1.10. The van der Waals surface area contributed by atoms with Crippen LogP contribution in [0.15, 0.2) is 36.4 Å². The first-order valence-corrected chi connectivity index (χ1v) is 16.8. The molecule has 5 nitrogen and oxygen atoms in total. The normalized spacial score (nSPS) is 34.6. The topological polar surface area (TPSA) is 83.5 Å². The van der Waals surface area contributed by atoms with E-state index in [0.717, 1.165) is 56.9 Å². The SMILES string of the molecule is CCC(=O)Cc1ccc2c(c1)[C@@]1(C)CC[C@H](C(=O)NC(=O)[C@H]3CC[C@]4(C)c5cc(O)ccc5CC[C@H]4[C@@H]3C)[C@@H](C)[C@@H]1CC2. The highest BCUT2D eigenvalue weighted by Gasteiger charge is 2.52. The second-order valence-electron chi connectivity index (χ2n) is 14.9. The Morgan fingerprint density at radius 3 is 1.84 bits per heavy atom. The van der Waals surface area contributed by atoms with Crippen molar-refractivity contribution in [3.05, 3.63) is 64.2 Å². The number of carbonyl (C=O) groups excluding carboxylic acids is 3. The van der Waals surface area contributed by atoms with Gasteiger partial charge >= 0.3 is 0 Å². The quantitative estimate of drug-likeness (QED) is 0.372. The van der Waals surface area contributed by atoms with Gasteiger partial charge in [-0.1, -0.05) is 58.9 Å². The van der Waals surface area contributed by atoms with E-state index in [1.165, 1.54) is 22.3 Å². The lowest BCUT2D eigenvalue weighted by molar-refractivity contribution is -0.140. The van der Waals surface area contributed by atoms with Gasteiger partial charge in [0.1, 0.15) is 11.5 Å². The Morgan fingerprint density at radius 1 is 0.791 bits per heavy atom. The molecule has 0 radical (unpaired) electrons. The Kier molecular flexibility index (Phi) is 7.84. The number of amides is 2. The van der Waals surface area contributed by atoms with E-state index in [1.54, 1.807) is 6.07 Å². The van der Waals surface area contributed by atoms with Crippen LogP contribution in [0.3, 0.4) is 0 Å². The largest absolute Gasteiger partial charge is 0.508 e. The van der Waals surface area contributed by atoms with Gasteiger partial charge in [-0.25, -0.2) is 0 Å². The van der Waals surface area contributed by atoms with Crippen molar-refractivity contribution < 1.29 is 19.5 Å². The number of hydrogen-bond acceptors (Lipinski definition) is 4. The minimum atomic E-state index is -0.171. The smallest absolute Gasteiger partial charge is 0.229 e. The number of Topliss-reactive ketones (excluding diaryl/α,β-unsaturated/α-hetero) is 1. The van der Waals surface area contributed by atoms with Crippen LogP contribution in [0.2, 0.25) is 0 Å². The molecule has 4 aliphatic carbocycles. The first-order valence-electron chi connectivity index (χ1n) is 16.8. The third-order valence-electron chi connectivity index (χ3n) is 12.8. The minimum Gasteiger partial charge on any atom is -0.508 e. The second-order valence-corrected chi connectivity index (χ2v) is 14.9. The Bertz CT molecular complexity index is 1450. The number of rotatable bonds is 5. The zero-order chi connectivity index (χ0) is 30.7. The molecule has 8 atom stereocenters. The number of phenolic OH excluding ortho intramolecular Hbond substituents is 1. The van der Waals surface area contributed by atoms with Gasteiger partial charge in [0.05, 0.1) is 0 Å². The molecule has 0 aliphatic heterocycles. The second kappa shape index (κ2) is 11.2. The van der Waals surface area contributed by atoms with Crippen molar-refractivity contribution in [2.24, 2.45) is 35.5 Å². The molecule has 0 aromatic heterocycles. The van der Waals surface area contributed by atoms with Gasteiger partial charge in [-0.05, 0) is 126 Å². The lowest BCUT2D eigenvalue weighted by Crippen LogP contribution is -2.53. The molecule has 0 heterocycles. The molecule has 0 saturated heterocycles. The monoisotopic (exact) mass is 583 g/mol. The predicted molar refractivity (Wildman–Crippen MR) is 169 cm³/mol. The minimum absolute atomic E-state index is 0.0207. The van der Waals surface area contributed by atoms with Crippen molar-refractivity contribution >= 4 is 17.6 Å². The Morgan fingerprint density at radius 2 is 1.30 bits per heavy atom. The van der Waals surface area contributed by atoms with Crippen molar-refractivity contribution in [1.82, 2.24) is 5.32 Å². The summed E-state index contributed by atoms with van der Waals surface area (Å²) in [5, 5.41) is 13.1. The Balaban J connectivity index is 1.14. The number of aromatic hydroxyl groups is 1. The van der Waals surface area contributed by atoms with Crippen LogP contribution in [0.5, 0.6) is 5.75 Å². The third kappa shape index (κ3) is 5.05. The summed E-state index contributed by atoms with van der Waals surface area (Å²) < 4.78 is 0. The van der Waals surface area contributed by atoms with Crippen LogP contribution in [0.4, 0.5) is 0 Å². The molecule has 2 aromatic carbocycles. The van der Waals surface area contributed by atoms with Gasteiger partial charge in [0, 0.05) is 24.7 Å². The fourth-order valence-electron chi connectivity index (χ4n) is 10.2. The van der Waals surface area contributed by atoms with Crippen LogP contribution in [-0.2, 0) is 44.5 Å². The molecule has 2 N–H and O–H groups in total. The zero-order valence-electron chi connectivity index (χ0n) is 26.7. The molecule has 4 aliphatic rings. The summed E-state index contributed by atoms with van der Waals surface area (Å²) in [4.78, 5) is 39.6. The van der Waals surface area contributed by atoms with Crippen LogP contribution in [0.25, 0.3) is 0 Å². The average Bonchev–Trinajstić information content (AvgIpc) is 2.97. The number of carbonyl (C=O) groups is 3. The van der Waals surface area contributed by atoms with E-state index in [2.05, 4.69) is 57.3 Å². The average molecular weight is 584 g/mol. The standard InChI is InChI=1S/C38H49NO4/c1-6-27(40)19-24-7-8-25-10-13-31-22(2)29(15-17-37(31,4)33(25)20-24)35(42)39-36(43)30-16-18-38(5)32(23(30)3)14-11-26-9-12-28(41)21-34(26)38/h7-9,12,20-23,29-32,41H,6,10-11,13-19H2,1-5H3,(H,39,42,43)/t22-,23-,29+,30+,31+,32+,37+,38+/m1/s1. The van der Waals surface area contributed by atoms with E-state index in [-0.39, 0.29) is 52.1 Å². The van der Waals surface area contributed by atoms with E-state index in [0.29, 0.717) is 30.4 Å². The zero-order valence-corrected chi connectivity index (χ0v) is 26.7. The van der Waals surface area contributed by atoms with Crippen molar-refractivity contribution in [3.63, 3.8) is 0 Å². The van der Waals surface area contributed by atoms with Gasteiger partial charge in [0.2, 0.25) is 11.8 Å². The molecule has 230 valence electrons. The van der Waals surface area contributed by atoms with Gasteiger partial charge in [-0.15, -0.1) is 0 Å². The summed E-state index contributed by atoms with van der Waals surface area (Å²) in [6.45, 7) is 11.0. The molecule has 2 amide bonds. The van der Waals surface area contributed by atoms with Gasteiger partial charge in [-0.2, -0.15) is 0 Å². The first-order chi connectivity index (χ1) is 20.5. The molecule has 2 aromatic rings. The van der Waals surface area contributed by atoms with Crippen LogP contribution in [-0.4, -0.2) is 22.7 Å². The van der Waals surface area contributed by atoms with E-state index in [9.17, 15) is 19.5 Å². The lowest BCUT2D eigenvalue weighted by atomic mass is 9.52. The van der Waals surface area contributed by atoms with Gasteiger partial charge in [0.25, 0.3) is 0 Å². The van der Waals surface area contributed by atoms with E-state index in [4.69, 9.17) is 0 Å². The maximum atomic E-state index is 13.8. The highest BCUT2D eigenvalue weighted by atomic mass is 16.3.